The summed E-state index contributed by atoms with van der Waals surface area (Å²) < 4.78 is 5.10. The fourth-order valence-electron chi connectivity index (χ4n) is 2.09. The van der Waals surface area contributed by atoms with E-state index in [2.05, 4.69) is 6.92 Å². The van der Waals surface area contributed by atoms with Crippen LogP contribution in [0.1, 0.15) is 40.5 Å². The Bertz CT molecular complexity index is 282. The van der Waals surface area contributed by atoms with Gasteiger partial charge in [0.15, 0.2) is 0 Å². The lowest BCUT2D eigenvalue weighted by Gasteiger charge is -2.35. The van der Waals surface area contributed by atoms with Gasteiger partial charge in [-0.05, 0) is 31.1 Å². The van der Waals surface area contributed by atoms with Crippen LogP contribution < -0.4 is 5.73 Å². The van der Waals surface area contributed by atoms with Crippen LogP contribution in [0, 0.1) is 11.3 Å². The van der Waals surface area contributed by atoms with E-state index in [0.29, 0.717) is 19.1 Å². The quantitative estimate of drug-likeness (QED) is 0.786. The van der Waals surface area contributed by atoms with Gasteiger partial charge in [-0.25, -0.2) is 0 Å². The Morgan fingerprint density at radius 1 is 1.44 bits per heavy atom. The number of methoxy groups -OCH3 is 1. The second-order valence-corrected chi connectivity index (χ2v) is 6.45. The van der Waals surface area contributed by atoms with Crippen LogP contribution in [0.5, 0.6) is 0 Å². The van der Waals surface area contributed by atoms with E-state index in [9.17, 15) is 4.79 Å². The second kappa shape index (κ2) is 6.02. The third-order valence-electron chi connectivity index (χ3n) is 3.81. The summed E-state index contributed by atoms with van der Waals surface area (Å²) in [6.45, 7) is 9.35. The topological polar surface area (TPSA) is 55.6 Å². The molecule has 1 rings (SSSR count). The predicted molar refractivity (Wildman–Crippen MR) is 73.2 cm³/mol. The summed E-state index contributed by atoms with van der Waals surface area (Å²) in [6.07, 6.45) is 2.45. The molecule has 0 radical (unpaired) electrons. The molecule has 4 nitrogen and oxygen atoms in total. The van der Waals surface area contributed by atoms with Crippen molar-refractivity contribution in [3.63, 3.8) is 0 Å². The molecule has 4 heteroatoms. The van der Waals surface area contributed by atoms with Gasteiger partial charge < -0.3 is 15.4 Å². The fourth-order valence-corrected chi connectivity index (χ4v) is 2.09. The SMILES string of the molecule is COCCN(C(=O)[C@H](N)C(C)(C)C)C(C)C1CC1. The van der Waals surface area contributed by atoms with E-state index in [1.807, 2.05) is 25.7 Å². The van der Waals surface area contributed by atoms with Gasteiger partial charge in [-0.3, -0.25) is 4.79 Å². The van der Waals surface area contributed by atoms with Crippen LogP contribution >= 0.6 is 0 Å². The molecular weight excluding hydrogens is 228 g/mol. The van der Waals surface area contributed by atoms with E-state index >= 15 is 0 Å². The van der Waals surface area contributed by atoms with E-state index in [1.54, 1.807) is 7.11 Å². The van der Waals surface area contributed by atoms with Crippen molar-refractivity contribution in [3.8, 4) is 0 Å². The Kier molecular flexibility index (Phi) is 5.17. The largest absolute Gasteiger partial charge is 0.383 e. The number of amides is 1. The number of carbonyl (C=O) groups excluding carboxylic acids is 1. The van der Waals surface area contributed by atoms with Crippen LogP contribution in [0.25, 0.3) is 0 Å². The van der Waals surface area contributed by atoms with Crippen LogP contribution in [-0.4, -0.2) is 43.2 Å². The Balaban J connectivity index is 2.71. The number of hydrogen-bond donors (Lipinski definition) is 1. The van der Waals surface area contributed by atoms with Crippen LogP contribution in [0.4, 0.5) is 0 Å². The van der Waals surface area contributed by atoms with Gasteiger partial charge >= 0.3 is 0 Å². The van der Waals surface area contributed by atoms with Gasteiger partial charge in [0.2, 0.25) is 5.91 Å². The molecule has 0 aliphatic heterocycles. The average Bonchev–Trinajstić information content (AvgIpc) is 3.10. The summed E-state index contributed by atoms with van der Waals surface area (Å²) in [6, 6.07) is -0.170. The van der Waals surface area contributed by atoms with E-state index in [0.717, 1.165) is 0 Å². The van der Waals surface area contributed by atoms with Gasteiger partial charge in [0.25, 0.3) is 0 Å². The highest BCUT2D eigenvalue weighted by atomic mass is 16.5. The van der Waals surface area contributed by atoms with Crippen molar-refractivity contribution in [2.75, 3.05) is 20.3 Å². The van der Waals surface area contributed by atoms with Gasteiger partial charge in [-0.2, -0.15) is 0 Å². The predicted octanol–water partition coefficient (Wildman–Crippen LogP) is 1.63. The van der Waals surface area contributed by atoms with Crippen molar-refractivity contribution < 1.29 is 9.53 Å². The normalized spacial score (nSPS) is 19.4. The first-order valence-electron chi connectivity index (χ1n) is 6.84. The lowest BCUT2D eigenvalue weighted by atomic mass is 9.86. The molecule has 1 aliphatic rings. The van der Waals surface area contributed by atoms with E-state index in [1.165, 1.54) is 12.8 Å². The number of rotatable bonds is 6. The zero-order valence-electron chi connectivity index (χ0n) is 12.4. The van der Waals surface area contributed by atoms with Gasteiger partial charge in [0.1, 0.15) is 0 Å². The van der Waals surface area contributed by atoms with Crippen molar-refractivity contribution in [2.24, 2.45) is 17.1 Å². The third-order valence-corrected chi connectivity index (χ3v) is 3.81. The summed E-state index contributed by atoms with van der Waals surface area (Å²) in [5.74, 6) is 0.705. The maximum absolute atomic E-state index is 12.5. The summed E-state index contributed by atoms with van der Waals surface area (Å²) >= 11 is 0. The molecule has 106 valence electrons. The van der Waals surface area contributed by atoms with Crippen molar-refractivity contribution in [1.82, 2.24) is 4.90 Å². The molecule has 2 N–H and O–H groups in total. The van der Waals surface area contributed by atoms with Gasteiger partial charge in [-0.1, -0.05) is 20.8 Å². The van der Waals surface area contributed by atoms with E-state index in [4.69, 9.17) is 10.5 Å². The Morgan fingerprint density at radius 2 is 2.00 bits per heavy atom. The fraction of sp³-hybridized carbons (Fsp3) is 0.929. The number of carbonyl (C=O) groups is 1. The Morgan fingerprint density at radius 3 is 2.39 bits per heavy atom. The van der Waals surface area contributed by atoms with Crippen molar-refractivity contribution in [2.45, 2.75) is 52.6 Å². The minimum atomic E-state index is -0.449. The van der Waals surface area contributed by atoms with Crippen LogP contribution in [0.15, 0.2) is 0 Å². The number of hydrogen-bond acceptors (Lipinski definition) is 3. The maximum atomic E-state index is 12.5. The Hall–Kier alpha value is -0.610. The van der Waals surface area contributed by atoms with Crippen molar-refractivity contribution in [3.05, 3.63) is 0 Å². The molecule has 1 fully saturated rings. The summed E-state index contributed by atoms with van der Waals surface area (Å²) in [5, 5.41) is 0. The molecule has 1 saturated carbocycles. The third kappa shape index (κ3) is 3.95. The van der Waals surface area contributed by atoms with Gasteiger partial charge in [0.05, 0.1) is 12.6 Å². The molecule has 18 heavy (non-hydrogen) atoms. The highest BCUT2D eigenvalue weighted by molar-refractivity contribution is 5.82. The summed E-state index contributed by atoms with van der Waals surface area (Å²) in [4.78, 5) is 14.4. The highest BCUT2D eigenvalue weighted by Crippen LogP contribution is 2.35. The lowest BCUT2D eigenvalue weighted by molar-refractivity contribution is -0.138. The molecule has 0 aromatic rings. The van der Waals surface area contributed by atoms with Crippen molar-refractivity contribution in [1.29, 1.82) is 0 Å². The summed E-state index contributed by atoms with van der Waals surface area (Å²) in [7, 11) is 1.66. The molecule has 1 unspecified atom stereocenters. The second-order valence-electron chi connectivity index (χ2n) is 6.45. The van der Waals surface area contributed by atoms with Crippen LogP contribution in [-0.2, 0) is 9.53 Å². The maximum Gasteiger partial charge on any atom is 0.240 e. The number of nitrogens with two attached hydrogens (primary N) is 1. The molecular formula is C14H28N2O2. The molecule has 0 saturated heterocycles. The smallest absolute Gasteiger partial charge is 0.240 e. The standard InChI is InChI=1S/C14H28N2O2/c1-10(11-6-7-11)16(8-9-18-5)13(17)12(15)14(2,3)4/h10-12H,6-9,15H2,1-5H3/t10?,12-/m0/s1. The molecule has 0 aromatic heterocycles. The monoisotopic (exact) mass is 256 g/mol. The molecule has 0 spiro atoms. The zero-order chi connectivity index (χ0) is 13.9. The number of ether oxygens (including phenoxy) is 1. The average molecular weight is 256 g/mol. The minimum Gasteiger partial charge on any atom is -0.383 e. The molecule has 2 atom stereocenters. The Labute approximate surface area is 111 Å². The van der Waals surface area contributed by atoms with Gasteiger partial charge in [0, 0.05) is 19.7 Å². The van der Waals surface area contributed by atoms with E-state index in [-0.39, 0.29) is 17.4 Å². The van der Waals surface area contributed by atoms with Crippen LogP contribution in [0.3, 0.4) is 0 Å². The molecule has 0 heterocycles. The zero-order valence-corrected chi connectivity index (χ0v) is 12.4. The first kappa shape index (κ1) is 15.4. The molecule has 0 aromatic carbocycles. The first-order chi connectivity index (χ1) is 8.29. The minimum absolute atomic E-state index is 0.0546. The molecule has 1 amide bonds. The lowest BCUT2D eigenvalue weighted by Crippen LogP contribution is -2.54. The first-order valence-corrected chi connectivity index (χ1v) is 6.84. The molecule has 1 aliphatic carbocycles. The van der Waals surface area contributed by atoms with E-state index < -0.39 is 6.04 Å². The number of nitrogens with zero attached hydrogens (tertiary/aromatic N) is 1. The van der Waals surface area contributed by atoms with Crippen molar-refractivity contribution >= 4 is 5.91 Å². The van der Waals surface area contributed by atoms with Gasteiger partial charge in [-0.15, -0.1) is 0 Å². The summed E-state index contributed by atoms with van der Waals surface area (Å²) in [5.41, 5.74) is 5.89. The highest BCUT2D eigenvalue weighted by Gasteiger charge is 2.38. The van der Waals surface area contributed by atoms with Crippen LogP contribution in [0.2, 0.25) is 0 Å². The molecule has 0 bridgehead atoms.